The van der Waals surface area contributed by atoms with Gasteiger partial charge in [-0.25, -0.2) is 0 Å². The van der Waals surface area contributed by atoms with E-state index in [-0.39, 0.29) is 30.7 Å². The number of benzene rings is 2. The maximum absolute atomic E-state index is 12.1. The van der Waals surface area contributed by atoms with Crippen molar-refractivity contribution in [1.82, 2.24) is 20.8 Å². The molecule has 2 aromatic carbocycles. The maximum Gasteiger partial charge on any atom is 0.316 e. The van der Waals surface area contributed by atoms with Crippen LogP contribution in [0, 0.1) is 0 Å². The smallest absolute Gasteiger partial charge is 0.316 e. The van der Waals surface area contributed by atoms with Crippen molar-refractivity contribution >= 4 is 39.3 Å². The number of rotatable bonds is 8. The highest BCUT2D eigenvalue weighted by Crippen LogP contribution is 2.19. The molecule has 0 fully saturated rings. The summed E-state index contributed by atoms with van der Waals surface area (Å²) in [6.45, 7) is 2.05. The molecule has 0 aliphatic heterocycles. The van der Waals surface area contributed by atoms with Gasteiger partial charge in [-0.15, -0.1) is 0 Å². The van der Waals surface area contributed by atoms with Crippen LogP contribution in [0.4, 0.5) is 0 Å². The second-order valence-electron chi connectivity index (χ2n) is 6.19. The summed E-state index contributed by atoms with van der Waals surface area (Å²) in [7, 11) is 0. The Kier molecular flexibility index (Phi) is 7.42. The van der Waals surface area contributed by atoms with Gasteiger partial charge < -0.3 is 19.9 Å². The molecule has 1 heterocycles. The summed E-state index contributed by atoms with van der Waals surface area (Å²) >= 11 is 9.19. The molecule has 2 N–H and O–H groups in total. The number of halogens is 2. The molecule has 2 amide bonds. The molecule has 0 aliphatic carbocycles. The Balaban J connectivity index is 1.42. The predicted octanol–water partition coefficient (Wildman–Crippen LogP) is 3.47. The van der Waals surface area contributed by atoms with E-state index in [1.54, 1.807) is 43.3 Å². The second kappa shape index (κ2) is 10.2. The third-order valence-electron chi connectivity index (χ3n) is 3.91. The molecule has 10 heteroatoms. The first-order valence-electron chi connectivity index (χ1n) is 9.00. The van der Waals surface area contributed by atoms with E-state index in [1.807, 2.05) is 12.1 Å². The zero-order valence-electron chi connectivity index (χ0n) is 15.9. The number of hydrogen-bond acceptors (Lipinski definition) is 6. The SMILES string of the molecule is CC(Oc1cccc(Br)c1)C(=O)NCCNC(=O)c1nc(-c2ccc(Cl)cc2)no1. The lowest BCUT2D eigenvalue weighted by atomic mass is 10.2. The zero-order valence-corrected chi connectivity index (χ0v) is 18.2. The van der Waals surface area contributed by atoms with Crippen molar-refractivity contribution in [3.63, 3.8) is 0 Å². The Labute approximate surface area is 186 Å². The average Bonchev–Trinajstić information content (AvgIpc) is 3.22. The Morgan fingerprint density at radius 3 is 2.63 bits per heavy atom. The van der Waals surface area contributed by atoms with Gasteiger partial charge in [0.1, 0.15) is 5.75 Å². The van der Waals surface area contributed by atoms with E-state index in [0.717, 1.165) is 4.47 Å². The first-order chi connectivity index (χ1) is 14.4. The normalized spacial score (nSPS) is 11.6. The highest BCUT2D eigenvalue weighted by atomic mass is 79.9. The van der Waals surface area contributed by atoms with E-state index in [4.69, 9.17) is 20.9 Å². The molecular formula is C20H18BrClN4O4. The van der Waals surface area contributed by atoms with Crippen LogP contribution in [0.5, 0.6) is 5.75 Å². The van der Waals surface area contributed by atoms with Gasteiger partial charge >= 0.3 is 11.8 Å². The van der Waals surface area contributed by atoms with E-state index < -0.39 is 12.0 Å². The number of nitrogens with one attached hydrogen (secondary N) is 2. The van der Waals surface area contributed by atoms with Crippen molar-refractivity contribution in [2.45, 2.75) is 13.0 Å². The van der Waals surface area contributed by atoms with Crippen LogP contribution in [-0.4, -0.2) is 41.1 Å². The number of aromatic nitrogens is 2. The Hall–Kier alpha value is -2.91. The molecule has 30 heavy (non-hydrogen) atoms. The molecule has 1 unspecified atom stereocenters. The minimum Gasteiger partial charge on any atom is -0.481 e. The van der Waals surface area contributed by atoms with E-state index in [1.165, 1.54) is 0 Å². The van der Waals surface area contributed by atoms with Crippen molar-refractivity contribution in [2.75, 3.05) is 13.1 Å². The fourth-order valence-electron chi connectivity index (χ4n) is 2.41. The molecule has 0 saturated carbocycles. The molecule has 1 aromatic heterocycles. The fourth-order valence-corrected chi connectivity index (χ4v) is 2.92. The summed E-state index contributed by atoms with van der Waals surface area (Å²) in [6, 6.07) is 14.0. The second-order valence-corrected chi connectivity index (χ2v) is 7.55. The van der Waals surface area contributed by atoms with Crippen molar-refractivity contribution in [3.8, 4) is 17.1 Å². The molecular weight excluding hydrogens is 476 g/mol. The van der Waals surface area contributed by atoms with Crippen molar-refractivity contribution in [3.05, 3.63) is 63.9 Å². The Bertz CT molecular complexity index is 1030. The first-order valence-corrected chi connectivity index (χ1v) is 10.2. The minimum absolute atomic E-state index is 0.169. The molecule has 1 atom stereocenters. The third-order valence-corrected chi connectivity index (χ3v) is 4.66. The number of amides is 2. The number of nitrogens with zero attached hydrogens (tertiary/aromatic N) is 2. The van der Waals surface area contributed by atoms with Crippen molar-refractivity contribution < 1.29 is 18.8 Å². The van der Waals surface area contributed by atoms with Crippen LogP contribution in [0.25, 0.3) is 11.4 Å². The third kappa shape index (κ3) is 6.04. The van der Waals surface area contributed by atoms with E-state index in [0.29, 0.717) is 16.3 Å². The van der Waals surface area contributed by atoms with Crippen LogP contribution >= 0.6 is 27.5 Å². The largest absolute Gasteiger partial charge is 0.481 e. The number of carbonyl (C=O) groups excluding carboxylic acids is 2. The molecule has 0 radical (unpaired) electrons. The van der Waals surface area contributed by atoms with Gasteiger partial charge in [0, 0.05) is 28.1 Å². The van der Waals surface area contributed by atoms with Crippen LogP contribution < -0.4 is 15.4 Å². The molecule has 3 rings (SSSR count). The Morgan fingerprint density at radius 2 is 1.90 bits per heavy atom. The predicted molar refractivity (Wildman–Crippen MR) is 114 cm³/mol. The molecule has 0 spiro atoms. The quantitative estimate of drug-likeness (QED) is 0.466. The lowest BCUT2D eigenvalue weighted by Crippen LogP contribution is -2.40. The summed E-state index contributed by atoms with van der Waals surface area (Å²) in [5.74, 6) is -0.142. The Morgan fingerprint density at radius 1 is 1.17 bits per heavy atom. The molecule has 3 aromatic rings. The topological polar surface area (TPSA) is 106 Å². The zero-order chi connectivity index (χ0) is 21.5. The number of hydrogen-bond donors (Lipinski definition) is 2. The van der Waals surface area contributed by atoms with E-state index >= 15 is 0 Å². The van der Waals surface area contributed by atoms with Crippen LogP contribution in [0.2, 0.25) is 5.02 Å². The average molecular weight is 494 g/mol. The van der Waals surface area contributed by atoms with Gasteiger partial charge in [-0.05, 0) is 49.4 Å². The van der Waals surface area contributed by atoms with Gasteiger partial charge in [0.15, 0.2) is 6.10 Å². The summed E-state index contributed by atoms with van der Waals surface area (Å²) in [5, 5.41) is 9.66. The minimum atomic E-state index is -0.687. The van der Waals surface area contributed by atoms with E-state index in [2.05, 4.69) is 36.7 Å². The lowest BCUT2D eigenvalue weighted by Gasteiger charge is -2.15. The van der Waals surface area contributed by atoms with Gasteiger partial charge in [-0.3, -0.25) is 9.59 Å². The monoisotopic (exact) mass is 492 g/mol. The fraction of sp³-hybridized carbons (Fsp3) is 0.200. The highest BCUT2D eigenvalue weighted by molar-refractivity contribution is 9.10. The highest BCUT2D eigenvalue weighted by Gasteiger charge is 2.17. The number of carbonyl (C=O) groups is 2. The summed E-state index contributed by atoms with van der Waals surface area (Å²) in [5.41, 5.74) is 0.675. The van der Waals surface area contributed by atoms with Gasteiger partial charge in [0.25, 0.3) is 5.91 Å². The van der Waals surface area contributed by atoms with Crippen LogP contribution in [0.3, 0.4) is 0 Å². The summed E-state index contributed by atoms with van der Waals surface area (Å²) in [6.07, 6.45) is -0.687. The van der Waals surface area contributed by atoms with Crippen molar-refractivity contribution in [2.24, 2.45) is 0 Å². The van der Waals surface area contributed by atoms with Crippen molar-refractivity contribution in [1.29, 1.82) is 0 Å². The van der Waals surface area contributed by atoms with E-state index in [9.17, 15) is 9.59 Å². The van der Waals surface area contributed by atoms with Gasteiger partial charge in [0.05, 0.1) is 0 Å². The summed E-state index contributed by atoms with van der Waals surface area (Å²) in [4.78, 5) is 28.3. The van der Waals surface area contributed by atoms with Crippen LogP contribution in [0.1, 0.15) is 17.6 Å². The van der Waals surface area contributed by atoms with Crippen LogP contribution in [0.15, 0.2) is 57.5 Å². The van der Waals surface area contributed by atoms with Gasteiger partial charge in [0.2, 0.25) is 5.82 Å². The summed E-state index contributed by atoms with van der Waals surface area (Å²) < 4.78 is 11.4. The van der Waals surface area contributed by atoms with Gasteiger partial charge in [-0.2, -0.15) is 4.98 Å². The standard InChI is InChI=1S/C20H18BrClN4O4/c1-12(29-16-4-2-3-14(21)11-16)18(27)23-9-10-24-19(28)20-25-17(26-30-20)13-5-7-15(22)8-6-13/h2-8,11-12H,9-10H2,1H3,(H,23,27)(H,24,28). The van der Waals surface area contributed by atoms with Gasteiger partial charge in [-0.1, -0.05) is 38.8 Å². The molecule has 0 saturated heterocycles. The number of ether oxygens (including phenoxy) is 1. The van der Waals surface area contributed by atoms with Crippen LogP contribution in [-0.2, 0) is 4.79 Å². The lowest BCUT2D eigenvalue weighted by molar-refractivity contribution is -0.127. The molecule has 8 nitrogen and oxygen atoms in total. The molecule has 156 valence electrons. The maximum atomic E-state index is 12.1. The first kappa shape index (κ1) is 21.8. The molecule has 0 aliphatic rings. The molecule has 0 bridgehead atoms.